The van der Waals surface area contributed by atoms with Gasteiger partial charge in [0.25, 0.3) is 11.8 Å². The Morgan fingerprint density at radius 3 is 1.59 bits per heavy atom. The summed E-state index contributed by atoms with van der Waals surface area (Å²) in [6.07, 6.45) is 41.3. The number of carbonyl (C=O) groups is 3. The Morgan fingerprint density at radius 2 is 0.979 bits per heavy atom. The molecule has 744 valence electrons. The van der Waals surface area contributed by atoms with Crippen molar-refractivity contribution >= 4 is 74.0 Å². The zero-order valence-corrected chi connectivity index (χ0v) is 87.5. The van der Waals surface area contributed by atoms with Gasteiger partial charge in [-0.15, -0.1) is 0 Å². The SMILES string of the molecule is Cc1cc(C)cc(C#N)c1.Cc1ccc2cccnc2c1.Cc1ccc2ccnn2c1.Cc1cnc(C(C)C)nc1.Cc1cnc(CN)nc1.Cc1cnc(N(C)C)nc1.Cc1cnc2c(C(C)C)cnn2c1.Cc1cnc2c(C)cnn2c1.Cc1cnc2c(c1)C(=O)N(C)C2C.Cc1cnc2c(c1)C(=O)N(C)C2O.Cc1cnc2c(c1)C(=O)OC2(C)C.Cc1cnc2c(c1)S(=O)C=C2.Cc1cnc2ccnn2c1. The standard InChI is InChI=1S/C10H13N3.C10H12N2O.C10H11NO2.C10H9N.C9H10N2O2.C9H9N.C8H9N3.C8H8N2.C8H12N2.C8H7NOS.C7H7N3.C7H11N3.C6H9N3/c1-7(2)9-5-12-13-6-8(3)4-11-10(9)13;1-6-4-8-9(11-5-6)7(2)12(3)10(8)13;1-6-4-7-8(11-5-6)10(2,3)13-9(7)12;1-8-4-5-9-3-2-6-11-10(9)7-8;1-5-3-6-7(10-4-5)9(13)11(2)8(6)12;1-7-3-8(2)5-9(4-7)6-10;1-6-3-9-8-7(2)4-10-11(8)5-6;1-7-2-3-8-4-5-9-10(8)6-7;1-6(2)8-9-4-7(3)5-10-8;1-6-4-8-7(9-5-6)2-3-11(8)10;1-6-4-8-7-2-3-9-10(7)5-6;1-6-4-8-7(9-5-6)10(2)3;1-5-3-8-6(2-7)9-4-5/h4-7H,1-3H3;4-5,7H,1-3H3;4-5H,1-3H3;2-7H,1H3;3-4,9,13H,1-2H3;3-5H,1-2H3;3-5H,1-2H3;2-6H,1H3;4-6H,1-3H3;2-5H,1H3;2-5H,1H3;4-5H,1-3H3;3-4H,2,7H2,1H3. The van der Waals surface area contributed by atoms with Gasteiger partial charge in [0, 0.05) is 180 Å². The van der Waals surface area contributed by atoms with Crippen LogP contribution in [-0.2, 0) is 27.7 Å². The quantitative estimate of drug-likeness (QED) is 0.155. The molecule has 144 heavy (non-hydrogen) atoms. The third kappa shape index (κ3) is 30.9. The van der Waals surface area contributed by atoms with Gasteiger partial charge in [-0.25, -0.2) is 71.9 Å². The van der Waals surface area contributed by atoms with Crippen LogP contribution in [0.25, 0.3) is 39.4 Å². The summed E-state index contributed by atoms with van der Waals surface area (Å²) in [5.41, 5.74) is 33.0. The Kier molecular flexibility index (Phi) is 39.1. The zero-order valence-electron chi connectivity index (χ0n) is 86.7. The van der Waals surface area contributed by atoms with Crippen LogP contribution < -0.4 is 10.6 Å². The highest BCUT2D eigenvalue weighted by molar-refractivity contribution is 7.88. The van der Waals surface area contributed by atoms with Crippen LogP contribution in [0.4, 0.5) is 5.95 Å². The summed E-state index contributed by atoms with van der Waals surface area (Å²) < 4.78 is 23.6. The number of aliphatic hydroxyl groups excluding tert-OH is 1. The largest absolute Gasteiger partial charge is 0.449 e. The average molecular weight is 1960 g/mol. The number of aryl methyl sites for hydroxylation is 15. The second-order valence-corrected chi connectivity index (χ2v) is 37.7. The number of anilines is 1. The molecule has 4 aliphatic heterocycles. The van der Waals surface area contributed by atoms with Gasteiger partial charge in [0.15, 0.2) is 23.2 Å². The molecular formula is C110H127N27O6S. The van der Waals surface area contributed by atoms with Gasteiger partial charge in [0.2, 0.25) is 5.95 Å². The number of aromatic nitrogens is 22. The maximum absolute atomic E-state index is 11.6. The van der Waals surface area contributed by atoms with Crippen molar-refractivity contribution in [3.8, 4) is 6.07 Å². The molecule has 0 fully saturated rings. The minimum atomic E-state index is -0.951. The van der Waals surface area contributed by atoms with Crippen molar-refractivity contribution in [1.29, 1.82) is 5.26 Å². The summed E-state index contributed by atoms with van der Waals surface area (Å²) >= 11 is 0. The summed E-state index contributed by atoms with van der Waals surface area (Å²) in [6.45, 7) is 44.3. The van der Waals surface area contributed by atoms with E-state index in [0.29, 0.717) is 41.0 Å². The Labute approximate surface area is 843 Å². The molecular weight excluding hydrogens is 1830 g/mol. The summed E-state index contributed by atoms with van der Waals surface area (Å²) in [5, 5.41) is 37.5. The van der Waals surface area contributed by atoms with Crippen LogP contribution in [0.2, 0.25) is 0 Å². The minimum absolute atomic E-state index is 0.0821. The Morgan fingerprint density at radius 1 is 0.472 bits per heavy atom. The van der Waals surface area contributed by atoms with Crippen LogP contribution in [0.5, 0.6) is 0 Å². The highest BCUT2D eigenvalue weighted by atomic mass is 32.2. The highest BCUT2D eigenvalue weighted by Gasteiger charge is 2.39. The van der Waals surface area contributed by atoms with Crippen LogP contribution in [0.15, 0.2) is 244 Å². The number of hydrogen-bond donors (Lipinski definition) is 2. The monoisotopic (exact) mass is 1950 g/mol. The fourth-order valence-electron chi connectivity index (χ4n) is 14.1. The molecule has 0 spiro atoms. The molecule has 18 aromatic rings. The molecule has 2 aromatic carbocycles. The summed E-state index contributed by atoms with van der Waals surface area (Å²) in [5.74, 6) is 2.93. The number of pyridine rings is 6. The Bertz CT molecular complexity index is 7300. The summed E-state index contributed by atoms with van der Waals surface area (Å²) in [6, 6.07) is 33.7. The number of nitriles is 1. The van der Waals surface area contributed by atoms with Crippen molar-refractivity contribution in [2.75, 3.05) is 33.1 Å². The third-order valence-electron chi connectivity index (χ3n) is 21.9. The number of hydrogen-bond acceptors (Lipinski definition) is 27. The average Bonchev–Trinajstić information content (AvgIpc) is 1.61. The van der Waals surface area contributed by atoms with E-state index < -0.39 is 22.6 Å². The number of amides is 2. The molecule has 4 aliphatic rings. The van der Waals surface area contributed by atoms with Gasteiger partial charge in [-0.2, -0.15) is 25.7 Å². The molecule has 20 heterocycles. The van der Waals surface area contributed by atoms with Crippen molar-refractivity contribution in [3.63, 3.8) is 0 Å². The predicted molar refractivity (Wildman–Crippen MR) is 563 cm³/mol. The molecule has 0 bridgehead atoms. The molecule has 16 aromatic heterocycles. The molecule has 3 N–H and O–H groups in total. The number of benzene rings is 2. The van der Waals surface area contributed by atoms with Crippen LogP contribution >= 0.6 is 0 Å². The van der Waals surface area contributed by atoms with E-state index in [1.54, 1.807) is 81.9 Å². The fraction of sp³-hybridized carbons (Fsp3) is 0.291. The normalized spacial score (nSPS) is 13.6. The lowest BCUT2D eigenvalue weighted by Gasteiger charge is -2.15. The number of aliphatic hydroxyl groups is 1. The molecule has 0 saturated carbocycles. The Hall–Kier alpha value is -16.3. The molecule has 33 nitrogen and oxygen atoms in total. The second kappa shape index (κ2) is 51.3. The number of rotatable bonds is 4. The first-order valence-corrected chi connectivity index (χ1v) is 47.9. The highest BCUT2D eigenvalue weighted by Crippen LogP contribution is 2.35. The number of carbonyl (C=O) groups excluding carboxylic acids is 3. The smallest absolute Gasteiger partial charge is 0.341 e. The van der Waals surface area contributed by atoms with E-state index in [1.807, 2.05) is 287 Å². The number of cyclic esters (lactones) is 1. The lowest BCUT2D eigenvalue weighted by Crippen LogP contribution is -2.22. The molecule has 34 heteroatoms. The first-order chi connectivity index (χ1) is 68.5. The number of esters is 1. The van der Waals surface area contributed by atoms with Gasteiger partial charge >= 0.3 is 5.97 Å². The topological polar surface area (TPSA) is 407 Å². The number of fused-ring (bicyclic) bond motifs is 9. The van der Waals surface area contributed by atoms with Gasteiger partial charge in [0.1, 0.15) is 22.9 Å². The molecule has 0 radical (unpaired) electrons. The maximum Gasteiger partial charge on any atom is 0.341 e. The van der Waals surface area contributed by atoms with E-state index in [0.717, 1.165) is 145 Å². The molecule has 2 amide bonds. The first-order valence-electron chi connectivity index (χ1n) is 46.6. The summed E-state index contributed by atoms with van der Waals surface area (Å²) in [7, 11) is 6.26. The van der Waals surface area contributed by atoms with Crippen molar-refractivity contribution in [1.82, 2.24) is 118 Å². The predicted octanol–water partition coefficient (Wildman–Crippen LogP) is 19.2. The van der Waals surface area contributed by atoms with Gasteiger partial charge in [-0.05, 0) is 275 Å². The molecule has 0 saturated heterocycles. The van der Waals surface area contributed by atoms with Crippen molar-refractivity contribution < 1.29 is 28.4 Å². The lowest BCUT2D eigenvalue weighted by atomic mass is 10.0. The van der Waals surface area contributed by atoms with Crippen LogP contribution in [0.3, 0.4) is 0 Å². The lowest BCUT2D eigenvalue weighted by molar-refractivity contribution is 0.00823. The van der Waals surface area contributed by atoms with Crippen molar-refractivity contribution in [2.24, 2.45) is 5.73 Å². The molecule has 3 unspecified atom stereocenters. The second-order valence-electron chi connectivity index (χ2n) is 36.4. The zero-order chi connectivity index (χ0) is 105. The third-order valence-corrected chi connectivity index (χ3v) is 23.0. The van der Waals surface area contributed by atoms with Crippen molar-refractivity contribution in [3.05, 3.63) is 384 Å². The minimum Gasteiger partial charge on any atom is -0.449 e. The van der Waals surface area contributed by atoms with E-state index in [-0.39, 0.29) is 23.8 Å². The van der Waals surface area contributed by atoms with Gasteiger partial charge in [-0.3, -0.25) is 34.5 Å². The van der Waals surface area contributed by atoms with E-state index >= 15 is 0 Å². The van der Waals surface area contributed by atoms with Gasteiger partial charge < -0.3 is 30.3 Å². The Balaban J connectivity index is 0.000000160. The van der Waals surface area contributed by atoms with E-state index in [2.05, 4.69) is 180 Å². The van der Waals surface area contributed by atoms with Crippen LogP contribution in [-0.4, -0.2) is 173 Å². The number of nitrogens with zero attached hydrogens (tertiary/aromatic N) is 26. The fourth-order valence-corrected chi connectivity index (χ4v) is 15.1. The first kappa shape index (κ1) is 110. The number of ether oxygens (including phenoxy) is 1. The van der Waals surface area contributed by atoms with Crippen LogP contribution in [0.1, 0.15) is 233 Å². The van der Waals surface area contributed by atoms with E-state index in [1.165, 1.54) is 27.0 Å². The van der Waals surface area contributed by atoms with E-state index in [9.17, 15) is 23.7 Å². The van der Waals surface area contributed by atoms with Gasteiger partial charge in [-0.1, -0.05) is 58.0 Å². The van der Waals surface area contributed by atoms with Crippen LogP contribution in [0, 0.1) is 115 Å². The molecule has 0 aliphatic carbocycles. The molecule has 3 atom stereocenters. The molecule has 22 rings (SSSR count). The number of nitrogens with two attached hydrogens (primary N) is 1. The van der Waals surface area contributed by atoms with Crippen molar-refractivity contribution in [2.45, 2.75) is 193 Å². The summed E-state index contributed by atoms with van der Waals surface area (Å²) in [4.78, 5) is 98.3. The van der Waals surface area contributed by atoms with Gasteiger partial charge in [0.05, 0.1) is 103 Å². The maximum atomic E-state index is 11.6. The van der Waals surface area contributed by atoms with E-state index in [4.69, 9.17) is 15.7 Å².